The lowest BCUT2D eigenvalue weighted by atomic mass is 9.81. The highest BCUT2D eigenvalue weighted by atomic mass is 16.2. The van der Waals surface area contributed by atoms with E-state index in [1.54, 1.807) is 0 Å². The molecule has 1 heterocycles. The Hall–Kier alpha value is -0.570. The van der Waals surface area contributed by atoms with Crippen LogP contribution in [0.5, 0.6) is 0 Å². The Morgan fingerprint density at radius 2 is 2.26 bits per heavy atom. The van der Waals surface area contributed by atoms with Crippen molar-refractivity contribution in [1.29, 1.82) is 0 Å². The number of fused-ring (bicyclic) bond motifs is 2. The van der Waals surface area contributed by atoms with Crippen LogP contribution in [0, 0.1) is 23.2 Å². The minimum atomic E-state index is -0.105. The maximum Gasteiger partial charge on any atom is 0.227 e. The Morgan fingerprint density at radius 3 is 2.84 bits per heavy atom. The normalized spacial score (nSPS) is 40.8. The first-order chi connectivity index (χ1) is 9.23. The molecule has 2 saturated carbocycles. The highest BCUT2D eigenvalue weighted by molar-refractivity contribution is 5.83. The summed E-state index contributed by atoms with van der Waals surface area (Å²) < 4.78 is 0. The van der Waals surface area contributed by atoms with E-state index in [0.29, 0.717) is 5.91 Å². The van der Waals surface area contributed by atoms with Crippen molar-refractivity contribution in [2.45, 2.75) is 51.9 Å². The maximum absolute atomic E-state index is 12.6. The van der Waals surface area contributed by atoms with Crippen LogP contribution in [-0.2, 0) is 4.79 Å². The van der Waals surface area contributed by atoms with Crippen LogP contribution >= 0.6 is 0 Å². The first-order valence-corrected chi connectivity index (χ1v) is 8.22. The molecule has 2 N–H and O–H groups in total. The van der Waals surface area contributed by atoms with Crippen LogP contribution in [0.15, 0.2) is 0 Å². The zero-order valence-electron chi connectivity index (χ0n) is 12.2. The van der Waals surface area contributed by atoms with Gasteiger partial charge in [0.15, 0.2) is 0 Å². The molecule has 1 amide bonds. The highest BCUT2D eigenvalue weighted by Gasteiger charge is 2.42. The quantitative estimate of drug-likeness (QED) is 0.800. The van der Waals surface area contributed by atoms with Gasteiger partial charge in [-0.2, -0.15) is 0 Å². The molecule has 0 radical (unpaired) electrons. The van der Waals surface area contributed by atoms with Crippen molar-refractivity contribution >= 4 is 5.91 Å². The summed E-state index contributed by atoms with van der Waals surface area (Å²) in [6.07, 6.45) is 8.80. The van der Waals surface area contributed by atoms with E-state index < -0.39 is 0 Å². The summed E-state index contributed by atoms with van der Waals surface area (Å²) in [6.45, 7) is 5.00. The van der Waals surface area contributed by atoms with Gasteiger partial charge in [0.05, 0.1) is 5.41 Å². The molecule has 3 fully saturated rings. The molecule has 3 rings (SSSR count). The van der Waals surface area contributed by atoms with E-state index in [0.717, 1.165) is 56.7 Å². The van der Waals surface area contributed by atoms with Gasteiger partial charge in [0.1, 0.15) is 0 Å². The van der Waals surface area contributed by atoms with Crippen LogP contribution in [0.3, 0.4) is 0 Å². The molecule has 0 spiro atoms. The van der Waals surface area contributed by atoms with Gasteiger partial charge in [0, 0.05) is 13.1 Å². The molecule has 1 saturated heterocycles. The van der Waals surface area contributed by atoms with Crippen LogP contribution in [0.25, 0.3) is 0 Å². The lowest BCUT2D eigenvalue weighted by molar-refractivity contribution is -0.130. The number of carbonyl (C=O) groups excluding carboxylic acids is 1. The largest absolute Gasteiger partial charge is 0.355 e. The van der Waals surface area contributed by atoms with E-state index in [-0.39, 0.29) is 5.41 Å². The van der Waals surface area contributed by atoms with Crippen molar-refractivity contribution in [1.82, 2.24) is 10.6 Å². The molecule has 3 nitrogen and oxygen atoms in total. The number of hydrogen-bond donors (Lipinski definition) is 2. The van der Waals surface area contributed by atoms with Gasteiger partial charge >= 0.3 is 0 Å². The summed E-state index contributed by atoms with van der Waals surface area (Å²) >= 11 is 0. The predicted molar refractivity (Wildman–Crippen MR) is 76.8 cm³/mol. The fraction of sp³-hybridized carbons (Fsp3) is 0.938. The van der Waals surface area contributed by atoms with Crippen LogP contribution in [-0.4, -0.2) is 25.5 Å². The van der Waals surface area contributed by atoms with Gasteiger partial charge in [-0.1, -0.05) is 19.8 Å². The third-order valence-corrected chi connectivity index (χ3v) is 5.86. The van der Waals surface area contributed by atoms with E-state index in [1.165, 1.54) is 25.7 Å². The summed E-state index contributed by atoms with van der Waals surface area (Å²) in [5, 5.41) is 6.67. The minimum absolute atomic E-state index is 0.105. The average Bonchev–Trinajstić information content (AvgIpc) is 3.12. The van der Waals surface area contributed by atoms with Crippen LogP contribution in [0.4, 0.5) is 0 Å². The van der Waals surface area contributed by atoms with Crippen LogP contribution in [0.1, 0.15) is 51.9 Å². The van der Waals surface area contributed by atoms with Gasteiger partial charge in [-0.05, 0) is 56.4 Å². The van der Waals surface area contributed by atoms with E-state index in [2.05, 4.69) is 17.6 Å². The second-order valence-electron chi connectivity index (χ2n) is 7.10. The lowest BCUT2D eigenvalue weighted by Gasteiger charge is -2.29. The van der Waals surface area contributed by atoms with Crippen molar-refractivity contribution in [3.63, 3.8) is 0 Å². The summed E-state index contributed by atoms with van der Waals surface area (Å²) in [7, 11) is 0. The minimum Gasteiger partial charge on any atom is -0.355 e. The van der Waals surface area contributed by atoms with E-state index in [9.17, 15) is 4.79 Å². The highest BCUT2D eigenvalue weighted by Crippen LogP contribution is 2.48. The first kappa shape index (κ1) is 13.4. The molecule has 4 atom stereocenters. The van der Waals surface area contributed by atoms with Crippen molar-refractivity contribution in [3.05, 3.63) is 0 Å². The van der Waals surface area contributed by atoms with Crippen LogP contribution in [0.2, 0.25) is 0 Å². The van der Waals surface area contributed by atoms with Gasteiger partial charge in [-0.15, -0.1) is 0 Å². The summed E-state index contributed by atoms with van der Waals surface area (Å²) in [5.74, 6) is 2.98. The topological polar surface area (TPSA) is 41.1 Å². The zero-order valence-corrected chi connectivity index (χ0v) is 12.2. The van der Waals surface area contributed by atoms with Gasteiger partial charge < -0.3 is 10.6 Å². The molecule has 2 bridgehead atoms. The Kier molecular flexibility index (Phi) is 3.84. The van der Waals surface area contributed by atoms with Crippen molar-refractivity contribution < 1.29 is 4.79 Å². The molecule has 2 aliphatic carbocycles. The second kappa shape index (κ2) is 5.43. The Labute approximate surface area is 116 Å². The Bertz CT molecular complexity index is 336. The second-order valence-corrected chi connectivity index (χ2v) is 7.10. The van der Waals surface area contributed by atoms with E-state index in [1.807, 2.05) is 0 Å². The lowest BCUT2D eigenvalue weighted by Crippen LogP contribution is -2.44. The molecule has 4 unspecified atom stereocenters. The van der Waals surface area contributed by atoms with Crippen molar-refractivity contribution in [2.75, 3.05) is 19.6 Å². The summed E-state index contributed by atoms with van der Waals surface area (Å²) in [4.78, 5) is 12.6. The monoisotopic (exact) mass is 264 g/mol. The molecular weight excluding hydrogens is 236 g/mol. The Morgan fingerprint density at radius 1 is 1.37 bits per heavy atom. The van der Waals surface area contributed by atoms with Gasteiger partial charge in [-0.25, -0.2) is 0 Å². The number of carbonyl (C=O) groups is 1. The fourth-order valence-corrected chi connectivity index (χ4v) is 4.78. The predicted octanol–water partition coefficient (Wildman–Crippen LogP) is 2.32. The van der Waals surface area contributed by atoms with Gasteiger partial charge in [-0.3, -0.25) is 4.79 Å². The zero-order chi connectivity index (χ0) is 13.3. The summed E-state index contributed by atoms with van der Waals surface area (Å²) in [6, 6.07) is 0. The SMILES string of the molecule is CCCC1(C(=O)NCC2CC3CCC2C3)CCNC1. The molecule has 0 aromatic carbocycles. The smallest absolute Gasteiger partial charge is 0.227 e. The van der Waals surface area contributed by atoms with Crippen molar-refractivity contribution in [2.24, 2.45) is 23.2 Å². The van der Waals surface area contributed by atoms with E-state index >= 15 is 0 Å². The van der Waals surface area contributed by atoms with E-state index in [4.69, 9.17) is 0 Å². The maximum atomic E-state index is 12.6. The number of nitrogens with one attached hydrogen (secondary N) is 2. The Balaban J connectivity index is 1.52. The number of hydrogen-bond acceptors (Lipinski definition) is 2. The average molecular weight is 264 g/mol. The molecule has 0 aromatic heterocycles. The molecule has 3 heteroatoms. The first-order valence-electron chi connectivity index (χ1n) is 8.22. The molecule has 108 valence electrons. The number of amides is 1. The molecule has 19 heavy (non-hydrogen) atoms. The summed E-state index contributed by atoms with van der Waals surface area (Å²) in [5.41, 5.74) is -0.105. The molecular formula is C16H28N2O. The fourth-order valence-electron chi connectivity index (χ4n) is 4.78. The third-order valence-electron chi connectivity index (χ3n) is 5.86. The molecule has 3 aliphatic rings. The standard InChI is InChI=1S/C16H28N2O/c1-2-5-16(6-7-17-11-16)15(19)18-10-14-9-12-3-4-13(14)8-12/h12-14,17H,2-11H2,1H3,(H,18,19). The van der Waals surface area contributed by atoms with Crippen LogP contribution < -0.4 is 10.6 Å². The molecule has 0 aromatic rings. The third kappa shape index (κ3) is 2.54. The van der Waals surface area contributed by atoms with Gasteiger partial charge in [0.25, 0.3) is 0 Å². The van der Waals surface area contributed by atoms with Crippen molar-refractivity contribution in [3.8, 4) is 0 Å². The van der Waals surface area contributed by atoms with Gasteiger partial charge in [0.2, 0.25) is 5.91 Å². The molecule has 1 aliphatic heterocycles. The number of rotatable bonds is 5.